The van der Waals surface area contributed by atoms with Crippen molar-refractivity contribution in [3.63, 3.8) is 0 Å². The van der Waals surface area contributed by atoms with E-state index in [-0.39, 0.29) is 11.5 Å². The van der Waals surface area contributed by atoms with Crippen LogP contribution in [0.4, 0.5) is 24.5 Å². The number of nitriles is 1. The molecule has 0 unspecified atom stereocenters. The molecule has 2 rings (SSSR count). The highest BCUT2D eigenvalue weighted by molar-refractivity contribution is 6.30. The first kappa shape index (κ1) is 17.4. The average molecular weight is 352 g/mol. The smallest absolute Gasteiger partial charge is 0.276 e. The molecular formula is C15H9ClF3N5. The molecule has 0 aromatic heterocycles. The van der Waals surface area contributed by atoms with E-state index in [1.807, 2.05) is 0 Å². The maximum atomic E-state index is 12.4. The van der Waals surface area contributed by atoms with Crippen molar-refractivity contribution < 1.29 is 13.2 Å². The van der Waals surface area contributed by atoms with Crippen LogP contribution in [0.15, 0.2) is 63.9 Å². The molecule has 2 aromatic carbocycles. The zero-order chi connectivity index (χ0) is 17.6. The highest BCUT2D eigenvalue weighted by atomic mass is 35.5. The van der Waals surface area contributed by atoms with Crippen LogP contribution in [0.5, 0.6) is 0 Å². The number of alkyl halides is 3. The van der Waals surface area contributed by atoms with Gasteiger partial charge in [0.05, 0.1) is 16.9 Å². The molecule has 1 N–H and O–H groups in total. The number of azo groups is 1. The van der Waals surface area contributed by atoms with Gasteiger partial charge in [-0.15, -0.1) is 15.3 Å². The predicted molar refractivity (Wildman–Crippen MR) is 84.1 cm³/mol. The maximum Gasteiger partial charge on any atom is 0.416 e. The number of benzene rings is 2. The molecule has 0 atom stereocenters. The SMILES string of the molecule is N#CC(N=Nc1ccc(C(F)(F)F)cc1)=NNc1cccc(Cl)c1. The fraction of sp³-hybridized carbons (Fsp3) is 0.0667. The molecule has 0 aliphatic carbocycles. The first-order valence-electron chi connectivity index (χ1n) is 6.47. The highest BCUT2D eigenvalue weighted by Gasteiger charge is 2.29. The number of hydrogen-bond donors (Lipinski definition) is 1. The lowest BCUT2D eigenvalue weighted by molar-refractivity contribution is -0.137. The second kappa shape index (κ2) is 7.57. The van der Waals surface area contributed by atoms with E-state index < -0.39 is 11.7 Å². The quantitative estimate of drug-likeness (QED) is 0.348. The zero-order valence-electron chi connectivity index (χ0n) is 11.9. The molecule has 5 nitrogen and oxygen atoms in total. The topological polar surface area (TPSA) is 72.9 Å². The Morgan fingerprint density at radius 3 is 2.42 bits per heavy atom. The zero-order valence-corrected chi connectivity index (χ0v) is 12.7. The second-order valence-electron chi connectivity index (χ2n) is 4.41. The van der Waals surface area contributed by atoms with Gasteiger partial charge >= 0.3 is 6.18 Å². The average Bonchev–Trinajstić information content (AvgIpc) is 2.55. The van der Waals surface area contributed by atoms with Crippen LogP contribution in [0.1, 0.15) is 5.56 Å². The van der Waals surface area contributed by atoms with Crippen molar-refractivity contribution in [3.05, 3.63) is 59.1 Å². The molecule has 0 spiro atoms. The van der Waals surface area contributed by atoms with Crippen LogP contribution in [-0.2, 0) is 6.18 Å². The van der Waals surface area contributed by atoms with Crippen LogP contribution >= 0.6 is 11.6 Å². The van der Waals surface area contributed by atoms with Crippen LogP contribution in [0.25, 0.3) is 0 Å². The van der Waals surface area contributed by atoms with Gasteiger partial charge in [-0.25, -0.2) is 0 Å². The summed E-state index contributed by atoms with van der Waals surface area (Å²) in [6.07, 6.45) is -4.42. The van der Waals surface area contributed by atoms with Crippen LogP contribution in [-0.4, -0.2) is 5.84 Å². The van der Waals surface area contributed by atoms with Gasteiger partial charge in [0.1, 0.15) is 6.07 Å². The summed E-state index contributed by atoms with van der Waals surface area (Å²) in [5.41, 5.74) is 2.49. The number of hydrogen-bond acceptors (Lipinski definition) is 4. The minimum atomic E-state index is -4.42. The summed E-state index contributed by atoms with van der Waals surface area (Å²) >= 11 is 5.80. The van der Waals surface area contributed by atoms with Gasteiger partial charge < -0.3 is 0 Å². The molecule has 0 saturated carbocycles. The largest absolute Gasteiger partial charge is 0.416 e. The highest BCUT2D eigenvalue weighted by Crippen LogP contribution is 2.30. The monoisotopic (exact) mass is 351 g/mol. The number of amidine groups is 1. The van der Waals surface area contributed by atoms with Gasteiger partial charge in [-0.2, -0.15) is 18.4 Å². The van der Waals surface area contributed by atoms with E-state index in [9.17, 15) is 13.2 Å². The molecule has 0 amide bonds. The summed E-state index contributed by atoms with van der Waals surface area (Å²) in [5, 5.41) is 20.4. The number of halogens is 4. The fourth-order valence-corrected chi connectivity index (χ4v) is 1.76. The van der Waals surface area contributed by atoms with Gasteiger partial charge in [-0.3, -0.25) is 5.43 Å². The van der Waals surface area contributed by atoms with Crippen molar-refractivity contribution in [1.29, 1.82) is 5.26 Å². The Morgan fingerprint density at radius 2 is 1.83 bits per heavy atom. The van der Waals surface area contributed by atoms with E-state index in [1.54, 1.807) is 30.3 Å². The summed E-state index contributed by atoms with van der Waals surface area (Å²) in [4.78, 5) is 0. The normalized spacial score (nSPS) is 12.2. The number of hydrazone groups is 1. The first-order valence-corrected chi connectivity index (χ1v) is 6.84. The van der Waals surface area contributed by atoms with Crippen LogP contribution in [0.2, 0.25) is 5.02 Å². The van der Waals surface area contributed by atoms with Crippen molar-refractivity contribution in [2.24, 2.45) is 15.3 Å². The minimum absolute atomic E-state index is 0.161. The third-order valence-electron chi connectivity index (χ3n) is 2.67. The Balaban J connectivity index is 2.08. The van der Waals surface area contributed by atoms with Crippen LogP contribution in [0, 0.1) is 11.3 Å². The standard InChI is InChI=1S/C15H9ClF3N5/c16-11-2-1-3-13(8-11)22-24-14(9-20)23-21-12-6-4-10(5-7-12)15(17,18)19/h1-8,22H. The molecule has 0 aliphatic heterocycles. The third-order valence-corrected chi connectivity index (χ3v) is 2.91. The first-order chi connectivity index (χ1) is 11.4. The number of nitrogens with one attached hydrogen (secondary N) is 1. The van der Waals surface area contributed by atoms with E-state index in [2.05, 4.69) is 20.8 Å². The second-order valence-corrected chi connectivity index (χ2v) is 4.85. The molecule has 0 saturated heterocycles. The van der Waals surface area contributed by atoms with E-state index >= 15 is 0 Å². The Bertz CT molecular complexity index is 807. The summed E-state index contributed by atoms with van der Waals surface area (Å²) in [6, 6.07) is 12.4. The van der Waals surface area contributed by atoms with Crippen molar-refractivity contribution in [3.8, 4) is 6.07 Å². The van der Waals surface area contributed by atoms with E-state index in [0.717, 1.165) is 24.3 Å². The Hall–Kier alpha value is -2.92. The summed E-state index contributed by atoms with van der Waals surface area (Å²) in [6.45, 7) is 0. The maximum absolute atomic E-state index is 12.4. The van der Waals surface area contributed by atoms with Crippen LogP contribution in [0.3, 0.4) is 0 Å². The van der Waals surface area contributed by atoms with Crippen molar-refractivity contribution in [2.45, 2.75) is 6.18 Å². The summed E-state index contributed by atoms with van der Waals surface area (Å²) in [5.74, 6) is -0.296. The van der Waals surface area contributed by atoms with E-state index in [0.29, 0.717) is 10.7 Å². The van der Waals surface area contributed by atoms with E-state index in [1.165, 1.54) is 0 Å². The molecule has 0 radical (unpaired) electrons. The molecule has 122 valence electrons. The number of nitrogens with zero attached hydrogens (tertiary/aromatic N) is 4. The van der Waals surface area contributed by atoms with Gasteiger partial charge in [0.2, 0.25) is 0 Å². The molecule has 9 heteroatoms. The van der Waals surface area contributed by atoms with Crippen LogP contribution < -0.4 is 5.43 Å². The molecule has 0 bridgehead atoms. The van der Waals surface area contributed by atoms with Crippen molar-refractivity contribution in [2.75, 3.05) is 5.43 Å². The number of anilines is 1. The Kier molecular flexibility index (Phi) is 5.50. The van der Waals surface area contributed by atoms with Gasteiger partial charge in [-0.05, 0) is 42.5 Å². The van der Waals surface area contributed by atoms with Gasteiger partial charge in [0, 0.05) is 5.02 Å². The molecule has 0 aliphatic rings. The van der Waals surface area contributed by atoms with Crippen molar-refractivity contribution in [1.82, 2.24) is 0 Å². The Morgan fingerprint density at radius 1 is 1.12 bits per heavy atom. The van der Waals surface area contributed by atoms with Gasteiger partial charge in [0.15, 0.2) is 0 Å². The van der Waals surface area contributed by atoms with Gasteiger partial charge in [0.25, 0.3) is 5.84 Å². The van der Waals surface area contributed by atoms with Gasteiger partial charge in [-0.1, -0.05) is 17.7 Å². The molecule has 0 fully saturated rings. The predicted octanol–water partition coefficient (Wildman–Crippen LogP) is 5.39. The summed E-state index contributed by atoms with van der Waals surface area (Å²) in [7, 11) is 0. The molecule has 24 heavy (non-hydrogen) atoms. The van der Waals surface area contributed by atoms with Crippen molar-refractivity contribution >= 4 is 28.8 Å². The lowest BCUT2D eigenvalue weighted by Gasteiger charge is -2.05. The summed E-state index contributed by atoms with van der Waals surface area (Å²) < 4.78 is 37.3. The number of rotatable bonds is 3. The third kappa shape index (κ3) is 5.07. The lowest BCUT2D eigenvalue weighted by atomic mass is 10.2. The lowest BCUT2D eigenvalue weighted by Crippen LogP contribution is -2.03. The fourth-order valence-electron chi connectivity index (χ4n) is 1.57. The minimum Gasteiger partial charge on any atom is -0.276 e. The molecule has 0 heterocycles. The molecule has 2 aromatic rings. The Labute approximate surface area is 140 Å². The molecular weight excluding hydrogens is 343 g/mol. The van der Waals surface area contributed by atoms with E-state index in [4.69, 9.17) is 16.9 Å².